The summed E-state index contributed by atoms with van der Waals surface area (Å²) >= 11 is 1.27. The van der Waals surface area contributed by atoms with Crippen LogP contribution in [-0.2, 0) is 21.1 Å². The quantitative estimate of drug-likeness (QED) is 0.931. The van der Waals surface area contributed by atoms with Gasteiger partial charge in [-0.2, -0.15) is 0 Å². The van der Waals surface area contributed by atoms with Crippen LogP contribution in [0.5, 0.6) is 0 Å². The molecule has 1 N–H and O–H groups in total. The van der Waals surface area contributed by atoms with Crippen molar-refractivity contribution in [2.45, 2.75) is 11.3 Å². The number of benzene rings is 1. The second-order valence-electron chi connectivity index (χ2n) is 3.99. The summed E-state index contributed by atoms with van der Waals surface area (Å²) in [5.74, 6) is -0.923. The molecule has 0 fully saturated rings. The van der Waals surface area contributed by atoms with Crippen LogP contribution < -0.4 is 0 Å². The van der Waals surface area contributed by atoms with E-state index in [1.54, 1.807) is 17.5 Å². The summed E-state index contributed by atoms with van der Waals surface area (Å²) in [7, 11) is -3.21. The Morgan fingerprint density at radius 3 is 2.47 bits per heavy atom. The Morgan fingerprint density at radius 2 is 1.95 bits per heavy atom. The van der Waals surface area contributed by atoms with E-state index in [9.17, 15) is 13.2 Å². The van der Waals surface area contributed by atoms with Crippen LogP contribution in [0.1, 0.15) is 5.01 Å². The minimum absolute atomic E-state index is 0.105. The average molecular weight is 297 g/mol. The van der Waals surface area contributed by atoms with Crippen molar-refractivity contribution in [1.29, 1.82) is 0 Å². The Morgan fingerprint density at radius 1 is 1.32 bits per heavy atom. The normalized spacial score (nSPS) is 11.4. The van der Waals surface area contributed by atoms with Gasteiger partial charge in [0.25, 0.3) is 0 Å². The van der Waals surface area contributed by atoms with Crippen LogP contribution in [-0.4, -0.2) is 30.7 Å². The van der Waals surface area contributed by atoms with Gasteiger partial charge in [-0.15, -0.1) is 11.3 Å². The summed E-state index contributed by atoms with van der Waals surface area (Å²) in [6, 6.07) is 6.35. The van der Waals surface area contributed by atoms with Gasteiger partial charge in [0.15, 0.2) is 9.84 Å². The largest absolute Gasteiger partial charge is 0.481 e. The van der Waals surface area contributed by atoms with E-state index in [-0.39, 0.29) is 11.3 Å². The monoisotopic (exact) mass is 297 g/mol. The van der Waals surface area contributed by atoms with Crippen LogP contribution in [0.25, 0.3) is 11.3 Å². The highest BCUT2D eigenvalue weighted by atomic mass is 32.2. The van der Waals surface area contributed by atoms with Crippen molar-refractivity contribution in [3.63, 3.8) is 0 Å². The highest BCUT2D eigenvalue weighted by Gasteiger charge is 2.10. The first-order valence-electron chi connectivity index (χ1n) is 5.33. The van der Waals surface area contributed by atoms with Gasteiger partial charge in [-0.1, -0.05) is 12.1 Å². The number of sulfone groups is 1. The third kappa shape index (κ3) is 3.39. The Bertz CT molecular complexity index is 702. The van der Waals surface area contributed by atoms with Crippen LogP contribution >= 0.6 is 11.3 Å². The molecule has 0 atom stereocenters. The standard InChI is InChI=1S/C12H11NO4S2/c1-19(16,17)9-4-2-8(3-5-9)10-7-18-11(13-10)6-12(14)15/h2-5,7H,6H2,1H3,(H,14,15). The molecular weight excluding hydrogens is 286 g/mol. The fourth-order valence-corrected chi connectivity index (χ4v) is 2.95. The number of hydrogen-bond donors (Lipinski definition) is 1. The van der Waals surface area contributed by atoms with Crippen LogP contribution in [0.4, 0.5) is 0 Å². The van der Waals surface area contributed by atoms with Gasteiger partial charge in [-0.25, -0.2) is 13.4 Å². The van der Waals surface area contributed by atoms with E-state index in [0.29, 0.717) is 10.7 Å². The molecule has 100 valence electrons. The molecule has 2 rings (SSSR count). The van der Waals surface area contributed by atoms with Gasteiger partial charge in [0, 0.05) is 17.2 Å². The van der Waals surface area contributed by atoms with Crippen LogP contribution in [0.15, 0.2) is 34.5 Å². The molecule has 0 saturated heterocycles. The smallest absolute Gasteiger partial charge is 0.310 e. The zero-order valence-corrected chi connectivity index (χ0v) is 11.7. The molecule has 0 aliphatic rings. The van der Waals surface area contributed by atoms with Crippen molar-refractivity contribution < 1.29 is 18.3 Å². The fraction of sp³-hybridized carbons (Fsp3) is 0.167. The maximum atomic E-state index is 11.3. The number of carboxylic acid groups (broad SMARTS) is 1. The molecule has 0 unspecified atom stereocenters. The van der Waals surface area contributed by atoms with Crippen LogP contribution in [0.2, 0.25) is 0 Å². The first-order valence-corrected chi connectivity index (χ1v) is 8.10. The average Bonchev–Trinajstić information content (AvgIpc) is 2.75. The van der Waals surface area contributed by atoms with E-state index in [2.05, 4.69) is 4.98 Å². The number of aliphatic carboxylic acids is 1. The Balaban J connectivity index is 2.27. The molecule has 5 nitrogen and oxygen atoms in total. The van der Waals surface area contributed by atoms with Crippen molar-refractivity contribution in [3.05, 3.63) is 34.7 Å². The molecule has 0 aliphatic heterocycles. The van der Waals surface area contributed by atoms with Gasteiger partial charge in [-0.05, 0) is 12.1 Å². The highest BCUT2D eigenvalue weighted by Crippen LogP contribution is 2.23. The summed E-state index contributed by atoms with van der Waals surface area (Å²) in [5.41, 5.74) is 1.42. The van der Waals surface area contributed by atoms with Gasteiger partial charge >= 0.3 is 5.97 Å². The lowest BCUT2D eigenvalue weighted by atomic mass is 10.2. The maximum Gasteiger partial charge on any atom is 0.310 e. The predicted octanol–water partition coefficient (Wildman–Crippen LogP) is 1.84. The molecule has 2 aromatic rings. The number of thiazole rings is 1. The van der Waals surface area contributed by atoms with Gasteiger partial charge < -0.3 is 5.11 Å². The number of rotatable bonds is 4. The molecular formula is C12H11NO4S2. The molecule has 1 aromatic carbocycles. The molecule has 0 spiro atoms. The predicted molar refractivity (Wildman–Crippen MR) is 72.0 cm³/mol. The molecule has 0 aliphatic carbocycles. The maximum absolute atomic E-state index is 11.3. The molecule has 7 heteroatoms. The molecule has 0 bridgehead atoms. The lowest BCUT2D eigenvalue weighted by molar-refractivity contribution is -0.136. The molecule has 19 heavy (non-hydrogen) atoms. The zero-order chi connectivity index (χ0) is 14.0. The van der Waals surface area contributed by atoms with E-state index < -0.39 is 15.8 Å². The summed E-state index contributed by atoms with van der Waals surface area (Å²) in [4.78, 5) is 15.0. The number of carbonyl (C=O) groups is 1. The Kier molecular flexibility index (Phi) is 3.68. The lowest BCUT2D eigenvalue weighted by Gasteiger charge is -2.00. The molecule has 0 saturated carbocycles. The number of aromatic nitrogens is 1. The van der Waals surface area contributed by atoms with Crippen molar-refractivity contribution in [3.8, 4) is 11.3 Å². The molecule has 0 radical (unpaired) electrons. The summed E-state index contributed by atoms with van der Waals surface area (Å²) in [6.07, 6.45) is 1.04. The summed E-state index contributed by atoms with van der Waals surface area (Å²) in [6.45, 7) is 0. The molecule has 0 amide bonds. The van der Waals surface area contributed by atoms with Crippen molar-refractivity contribution in [2.75, 3.05) is 6.26 Å². The number of nitrogens with zero attached hydrogens (tertiary/aromatic N) is 1. The third-order valence-electron chi connectivity index (χ3n) is 2.43. The first-order chi connectivity index (χ1) is 8.86. The SMILES string of the molecule is CS(=O)(=O)c1ccc(-c2csc(CC(=O)O)n2)cc1. The Hall–Kier alpha value is -1.73. The van der Waals surface area contributed by atoms with Crippen molar-refractivity contribution in [1.82, 2.24) is 4.98 Å². The van der Waals surface area contributed by atoms with Gasteiger partial charge in [-0.3, -0.25) is 4.79 Å². The molecule has 1 aromatic heterocycles. The second-order valence-corrected chi connectivity index (χ2v) is 6.95. The number of carboxylic acids is 1. The second kappa shape index (κ2) is 5.10. The summed E-state index contributed by atoms with van der Waals surface area (Å²) < 4.78 is 22.7. The minimum atomic E-state index is -3.21. The Labute approximate surface area is 114 Å². The van der Waals surface area contributed by atoms with Crippen molar-refractivity contribution in [2.24, 2.45) is 0 Å². The first kappa shape index (κ1) is 13.7. The van der Waals surface area contributed by atoms with Crippen LogP contribution in [0.3, 0.4) is 0 Å². The van der Waals surface area contributed by atoms with E-state index >= 15 is 0 Å². The number of hydrogen-bond acceptors (Lipinski definition) is 5. The zero-order valence-electron chi connectivity index (χ0n) is 10.0. The van der Waals surface area contributed by atoms with E-state index in [1.165, 1.54) is 23.5 Å². The topological polar surface area (TPSA) is 84.3 Å². The lowest BCUT2D eigenvalue weighted by Crippen LogP contribution is -1.99. The fourth-order valence-electron chi connectivity index (χ4n) is 1.53. The highest BCUT2D eigenvalue weighted by molar-refractivity contribution is 7.90. The van der Waals surface area contributed by atoms with E-state index in [0.717, 1.165) is 11.8 Å². The van der Waals surface area contributed by atoms with E-state index in [1.807, 2.05) is 0 Å². The van der Waals surface area contributed by atoms with Gasteiger partial charge in [0.1, 0.15) is 5.01 Å². The van der Waals surface area contributed by atoms with Gasteiger partial charge in [0.05, 0.1) is 17.0 Å². The van der Waals surface area contributed by atoms with Crippen molar-refractivity contribution >= 4 is 27.1 Å². The van der Waals surface area contributed by atoms with Gasteiger partial charge in [0.2, 0.25) is 0 Å². The van der Waals surface area contributed by atoms with Crippen LogP contribution in [0, 0.1) is 0 Å². The third-order valence-corrected chi connectivity index (χ3v) is 4.41. The molecule has 1 heterocycles. The van der Waals surface area contributed by atoms with E-state index in [4.69, 9.17) is 5.11 Å². The summed E-state index contributed by atoms with van der Waals surface area (Å²) in [5, 5.41) is 11.0. The minimum Gasteiger partial charge on any atom is -0.481 e.